The fraction of sp³-hybridized carbons (Fsp3) is 0.667. The number of aromatic nitrogens is 3. The molecule has 0 radical (unpaired) electrons. The molecule has 1 unspecified atom stereocenters. The molecule has 0 aromatic carbocycles. The van der Waals surface area contributed by atoms with Gasteiger partial charge in [0.15, 0.2) is 0 Å². The number of nitrogens with one attached hydrogen (secondary N) is 1. The van der Waals surface area contributed by atoms with Crippen molar-refractivity contribution in [2.45, 2.75) is 38.3 Å². The third kappa shape index (κ3) is 3.69. The first-order chi connectivity index (χ1) is 9.68. The molecule has 0 spiro atoms. The van der Waals surface area contributed by atoms with Crippen molar-refractivity contribution in [2.24, 2.45) is 0 Å². The maximum atomic E-state index is 12.1. The molecule has 0 aliphatic carbocycles. The molecule has 1 saturated heterocycles. The van der Waals surface area contributed by atoms with Crippen molar-refractivity contribution in [1.82, 2.24) is 25.2 Å². The van der Waals surface area contributed by atoms with E-state index in [2.05, 4.69) is 15.6 Å². The Kier molecular flexibility index (Phi) is 4.91. The smallest absolute Gasteiger partial charge is 0.326 e. The van der Waals surface area contributed by atoms with E-state index in [1.54, 1.807) is 17.1 Å². The predicted molar refractivity (Wildman–Crippen MR) is 70.0 cm³/mol. The highest BCUT2D eigenvalue weighted by atomic mass is 16.4. The topological polar surface area (TPSA) is 100 Å². The molecule has 0 bridgehead atoms. The Labute approximate surface area is 116 Å². The van der Waals surface area contributed by atoms with Crippen LogP contribution in [-0.4, -0.2) is 56.1 Å². The molecule has 1 fully saturated rings. The molecule has 1 atom stereocenters. The van der Waals surface area contributed by atoms with Crippen LogP contribution in [0.3, 0.4) is 0 Å². The maximum Gasteiger partial charge on any atom is 0.326 e. The quantitative estimate of drug-likeness (QED) is 0.827. The predicted octanol–water partition coefficient (Wildman–Crippen LogP) is 0.317. The van der Waals surface area contributed by atoms with E-state index in [0.29, 0.717) is 26.1 Å². The SMILES string of the molecule is O=C(O)C1CCCCCN1C(=O)NCCn1ccnn1. The molecular formula is C12H19N5O3. The summed E-state index contributed by atoms with van der Waals surface area (Å²) in [6.45, 7) is 1.40. The number of carbonyl (C=O) groups excluding carboxylic acids is 1. The number of carbonyl (C=O) groups is 2. The van der Waals surface area contributed by atoms with Gasteiger partial charge >= 0.3 is 12.0 Å². The highest BCUT2D eigenvalue weighted by molar-refractivity contribution is 5.82. The second kappa shape index (κ2) is 6.88. The van der Waals surface area contributed by atoms with Gasteiger partial charge in [-0.15, -0.1) is 5.10 Å². The second-order valence-electron chi connectivity index (χ2n) is 4.79. The number of amides is 2. The number of carboxylic acids is 1. The summed E-state index contributed by atoms with van der Waals surface area (Å²) in [5.41, 5.74) is 0. The van der Waals surface area contributed by atoms with Crippen molar-refractivity contribution >= 4 is 12.0 Å². The van der Waals surface area contributed by atoms with Crippen LogP contribution in [-0.2, 0) is 11.3 Å². The Hall–Kier alpha value is -2.12. The lowest BCUT2D eigenvalue weighted by molar-refractivity contribution is -0.142. The Bertz CT molecular complexity index is 448. The number of aliphatic carboxylic acids is 1. The summed E-state index contributed by atoms with van der Waals surface area (Å²) in [6.07, 6.45) is 6.45. The molecule has 2 rings (SSSR count). The summed E-state index contributed by atoms with van der Waals surface area (Å²) in [7, 11) is 0. The van der Waals surface area contributed by atoms with E-state index in [1.807, 2.05) is 0 Å². The molecule has 0 saturated carbocycles. The Morgan fingerprint density at radius 3 is 2.90 bits per heavy atom. The lowest BCUT2D eigenvalue weighted by Gasteiger charge is -2.27. The van der Waals surface area contributed by atoms with Crippen LogP contribution in [0.5, 0.6) is 0 Å². The normalized spacial score (nSPS) is 19.4. The van der Waals surface area contributed by atoms with Crippen LogP contribution in [0.15, 0.2) is 12.4 Å². The van der Waals surface area contributed by atoms with Crippen LogP contribution in [0.2, 0.25) is 0 Å². The number of carboxylic acid groups (broad SMARTS) is 1. The van der Waals surface area contributed by atoms with Gasteiger partial charge in [-0.05, 0) is 12.8 Å². The van der Waals surface area contributed by atoms with Crippen LogP contribution in [0.25, 0.3) is 0 Å². The van der Waals surface area contributed by atoms with Gasteiger partial charge in [-0.3, -0.25) is 4.68 Å². The number of hydrogen-bond acceptors (Lipinski definition) is 4. The van der Waals surface area contributed by atoms with E-state index in [1.165, 1.54) is 4.90 Å². The summed E-state index contributed by atoms with van der Waals surface area (Å²) in [4.78, 5) is 24.8. The third-order valence-corrected chi connectivity index (χ3v) is 3.39. The third-order valence-electron chi connectivity index (χ3n) is 3.39. The molecule has 110 valence electrons. The van der Waals surface area contributed by atoms with Crippen molar-refractivity contribution < 1.29 is 14.7 Å². The molecule has 1 aromatic heterocycles. The van der Waals surface area contributed by atoms with Crippen molar-refractivity contribution in [3.05, 3.63) is 12.4 Å². The van der Waals surface area contributed by atoms with Crippen molar-refractivity contribution in [2.75, 3.05) is 13.1 Å². The molecule has 1 aliphatic heterocycles. The zero-order valence-corrected chi connectivity index (χ0v) is 11.2. The summed E-state index contributed by atoms with van der Waals surface area (Å²) in [6, 6.07) is -1.04. The van der Waals surface area contributed by atoms with Gasteiger partial charge in [-0.1, -0.05) is 18.1 Å². The van der Waals surface area contributed by atoms with Crippen molar-refractivity contribution in [1.29, 1.82) is 0 Å². The monoisotopic (exact) mass is 281 g/mol. The number of likely N-dealkylation sites (tertiary alicyclic amines) is 1. The molecule has 2 heterocycles. The van der Waals surface area contributed by atoms with E-state index in [4.69, 9.17) is 0 Å². The largest absolute Gasteiger partial charge is 0.480 e. The molecule has 8 nitrogen and oxygen atoms in total. The molecule has 20 heavy (non-hydrogen) atoms. The minimum atomic E-state index is -0.932. The minimum absolute atomic E-state index is 0.320. The molecule has 8 heteroatoms. The average Bonchev–Trinajstić information content (AvgIpc) is 2.80. The van der Waals surface area contributed by atoms with Gasteiger partial charge in [0, 0.05) is 19.3 Å². The number of rotatable bonds is 4. The second-order valence-corrected chi connectivity index (χ2v) is 4.79. The maximum absolute atomic E-state index is 12.1. The van der Waals surface area contributed by atoms with Crippen LogP contribution in [0.4, 0.5) is 4.79 Å². The Morgan fingerprint density at radius 1 is 1.35 bits per heavy atom. The summed E-state index contributed by atoms with van der Waals surface area (Å²) >= 11 is 0. The van der Waals surface area contributed by atoms with E-state index in [9.17, 15) is 14.7 Å². The first-order valence-electron chi connectivity index (χ1n) is 6.80. The van der Waals surface area contributed by atoms with Gasteiger partial charge in [0.2, 0.25) is 0 Å². The van der Waals surface area contributed by atoms with E-state index in [-0.39, 0.29) is 6.03 Å². The van der Waals surface area contributed by atoms with Crippen molar-refractivity contribution in [3.8, 4) is 0 Å². The fourth-order valence-electron chi connectivity index (χ4n) is 2.34. The van der Waals surface area contributed by atoms with Gasteiger partial charge in [0.1, 0.15) is 6.04 Å². The summed E-state index contributed by atoms with van der Waals surface area (Å²) < 4.78 is 1.61. The van der Waals surface area contributed by atoms with Gasteiger partial charge in [0.25, 0.3) is 0 Å². The molecular weight excluding hydrogens is 262 g/mol. The van der Waals surface area contributed by atoms with Gasteiger partial charge < -0.3 is 15.3 Å². The molecule has 1 aliphatic rings. The van der Waals surface area contributed by atoms with Crippen LogP contribution < -0.4 is 5.32 Å². The first-order valence-corrected chi connectivity index (χ1v) is 6.80. The number of nitrogens with zero attached hydrogens (tertiary/aromatic N) is 4. The van der Waals surface area contributed by atoms with Crippen LogP contribution >= 0.6 is 0 Å². The lowest BCUT2D eigenvalue weighted by Crippen LogP contribution is -2.49. The summed E-state index contributed by atoms with van der Waals surface area (Å²) in [5.74, 6) is -0.932. The van der Waals surface area contributed by atoms with Gasteiger partial charge in [-0.2, -0.15) is 0 Å². The number of urea groups is 1. The Balaban J connectivity index is 1.86. The zero-order valence-electron chi connectivity index (χ0n) is 11.2. The van der Waals surface area contributed by atoms with Crippen LogP contribution in [0.1, 0.15) is 25.7 Å². The highest BCUT2D eigenvalue weighted by Gasteiger charge is 2.30. The molecule has 2 amide bonds. The van der Waals surface area contributed by atoms with Gasteiger partial charge in [0.05, 0.1) is 12.7 Å². The van der Waals surface area contributed by atoms with E-state index < -0.39 is 12.0 Å². The minimum Gasteiger partial charge on any atom is -0.480 e. The lowest BCUT2D eigenvalue weighted by atomic mass is 10.1. The Morgan fingerprint density at radius 2 is 2.20 bits per heavy atom. The first kappa shape index (κ1) is 14.3. The van der Waals surface area contributed by atoms with Crippen molar-refractivity contribution in [3.63, 3.8) is 0 Å². The highest BCUT2D eigenvalue weighted by Crippen LogP contribution is 2.17. The van der Waals surface area contributed by atoms with E-state index in [0.717, 1.165) is 19.3 Å². The standard InChI is InChI=1S/C12H19N5O3/c18-11(19)10-4-2-1-3-7-17(10)12(20)13-5-8-16-9-6-14-15-16/h6,9-10H,1-5,7-8H2,(H,13,20)(H,18,19). The van der Waals surface area contributed by atoms with E-state index >= 15 is 0 Å². The summed E-state index contributed by atoms with van der Waals surface area (Å²) in [5, 5.41) is 19.4. The average molecular weight is 281 g/mol. The fourth-order valence-corrected chi connectivity index (χ4v) is 2.34. The molecule has 1 aromatic rings. The molecule has 2 N–H and O–H groups in total. The number of hydrogen-bond donors (Lipinski definition) is 2. The zero-order chi connectivity index (χ0) is 14.4. The van der Waals surface area contributed by atoms with Gasteiger partial charge in [-0.25, -0.2) is 9.59 Å². The van der Waals surface area contributed by atoms with Crippen LogP contribution in [0, 0.1) is 0 Å².